The van der Waals surface area contributed by atoms with Crippen LogP contribution >= 0.6 is 0 Å². The van der Waals surface area contributed by atoms with Gasteiger partial charge < -0.3 is 14.5 Å². The van der Waals surface area contributed by atoms with Crippen LogP contribution in [0.25, 0.3) is 28.1 Å². The normalized spacial score (nSPS) is 11.2. The van der Waals surface area contributed by atoms with Crippen LogP contribution in [-0.2, 0) is 11.3 Å². The highest BCUT2D eigenvalue weighted by molar-refractivity contribution is 5.79. The molecule has 10 nitrogen and oxygen atoms in total. The number of para-hydroxylation sites is 2. The van der Waals surface area contributed by atoms with Gasteiger partial charge in [0.25, 0.3) is 0 Å². The predicted octanol–water partition coefficient (Wildman–Crippen LogP) is 2.03. The molecule has 33 heavy (non-hydrogen) atoms. The van der Waals surface area contributed by atoms with Crippen LogP contribution in [0.5, 0.6) is 5.88 Å². The fraction of sp³-hybridized carbons (Fsp3) is 0.136. The van der Waals surface area contributed by atoms with Gasteiger partial charge in [-0.1, -0.05) is 12.1 Å². The van der Waals surface area contributed by atoms with Crippen LogP contribution in [0.4, 0.5) is 4.39 Å². The Balaban J connectivity index is 1.20. The number of nitrogens with zero attached hydrogens (tertiary/aromatic N) is 5. The number of halogens is 1. The first-order valence-electron chi connectivity index (χ1n) is 10.0. The minimum absolute atomic E-state index is 0.152. The van der Waals surface area contributed by atoms with Gasteiger partial charge in [-0.3, -0.25) is 9.36 Å². The Labute approximate surface area is 185 Å². The van der Waals surface area contributed by atoms with E-state index in [4.69, 9.17) is 9.15 Å². The average Bonchev–Trinajstić information content (AvgIpc) is 3.38. The van der Waals surface area contributed by atoms with Crippen molar-refractivity contribution < 1.29 is 18.3 Å². The summed E-state index contributed by atoms with van der Waals surface area (Å²) in [5, 5.41) is 15.2. The second kappa shape index (κ2) is 8.54. The van der Waals surface area contributed by atoms with E-state index in [-0.39, 0.29) is 31.4 Å². The number of aromatic nitrogens is 5. The topological polar surface area (TPSA) is 117 Å². The van der Waals surface area contributed by atoms with Crippen molar-refractivity contribution in [2.24, 2.45) is 0 Å². The van der Waals surface area contributed by atoms with Crippen LogP contribution in [0, 0.1) is 5.82 Å². The van der Waals surface area contributed by atoms with Crippen LogP contribution in [0.1, 0.15) is 0 Å². The van der Waals surface area contributed by atoms with Gasteiger partial charge in [-0.05, 0) is 42.5 Å². The second-order valence-electron chi connectivity index (χ2n) is 7.09. The highest BCUT2D eigenvalue weighted by atomic mass is 19.1. The molecule has 1 N–H and O–H groups in total. The van der Waals surface area contributed by atoms with Gasteiger partial charge in [-0.25, -0.2) is 9.18 Å². The first kappa shape index (κ1) is 20.4. The zero-order chi connectivity index (χ0) is 22.8. The standard InChI is InChI=1S/C22H17FN6O4/c23-15-7-5-14(6-8-15)21-26-25-18-9-10-20(27-29(18)21)32-12-11-24-19(30)13-28-16-3-1-2-4-17(16)33-22(28)31/h1-10H,11-13H2,(H,24,30). The van der Waals surface area contributed by atoms with E-state index in [1.165, 1.54) is 21.2 Å². The third kappa shape index (κ3) is 4.15. The van der Waals surface area contributed by atoms with Gasteiger partial charge in [0, 0.05) is 11.6 Å². The SMILES string of the molecule is O=C(Cn1c(=O)oc2ccccc21)NCCOc1ccc2nnc(-c3ccc(F)cc3)n2n1. The Morgan fingerprint density at radius 3 is 2.73 bits per heavy atom. The molecule has 0 aliphatic carbocycles. The Hall–Kier alpha value is -4.54. The molecule has 0 radical (unpaired) electrons. The summed E-state index contributed by atoms with van der Waals surface area (Å²) in [4.78, 5) is 24.2. The smallest absolute Gasteiger partial charge is 0.420 e. The number of amides is 1. The van der Waals surface area contributed by atoms with Crippen molar-refractivity contribution in [3.8, 4) is 17.3 Å². The first-order chi connectivity index (χ1) is 16.1. The fourth-order valence-electron chi connectivity index (χ4n) is 3.34. The predicted molar refractivity (Wildman–Crippen MR) is 115 cm³/mol. The maximum Gasteiger partial charge on any atom is 0.420 e. The number of nitrogens with one attached hydrogen (secondary N) is 1. The minimum Gasteiger partial charge on any atom is -0.475 e. The number of ether oxygens (including phenoxy) is 1. The Bertz CT molecular complexity index is 1510. The van der Waals surface area contributed by atoms with Gasteiger partial charge in [0.2, 0.25) is 11.8 Å². The lowest BCUT2D eigenvalue weighted by atomic mass is 10.2. The van der Waals surface area contributed by atoms with Crippen molar-refractivity contribution in [1.29, 1.82) is 0 Å². The average molecular weight is 448 g/mol. The van der Waals surface area contributed by atoms with Gasteiger partial charge in [0.1, 0.15) is 19.0 Å². The lowest BCUT2D eigenvalue weighted by Crippen LogP contribution is -2.33. The summed E-state index contributed by atoms with van der Waals surface area (Å²) in [6.45, 7) is 0.192. The second-order valence-corrected chi connectivity index (χ2v) is 7.09. The summed E-state index contributed by atoms with van der Waals surface area (Å²) in [6, 6.07) is 16.1. The minimum atomic E-state index is -0.592. The molecule has 3 heterocycles. The molecule has 0 saturated heterocycles. The van der Waals surface area contributed by atoms with Crippen LogP contribution in [-0.4, -0.2) is 43.4 Å². The molecule has 0 fully saturated rings. The molecule has 11 heteroatoms. The molecule has 0 saturated carbocycles. The molecule has 2 aromatic carbocycles. The largest absolute Gasteiger partial charge is 0.475 e. The maximum atomic E-state index is 13.2. The Kier molecular flexibility index (Phi) is 5.27. The van der Waals surface area contributed by atoms with Crippen molar-refractivity contribution in [2.45, 2.75) is 6.54 Å². The number of hydrogen-bond donors (Lipinski definition) is 1. The Morgan fingerprint density at radius 2 is 1.88 bits per heavy atom. The maximum absolute atomic E-state index is 13.2. The lowest BCUT2D eigenvalue weighted by molar-refractivity contribution is -0.121. The molecule has 5 rings (SSSR count). The van der Waals surface area contributed by atoms with Gasteiger partial charge in [-0.15, -0.1) is 15.3 Å². The van der Waals surface area contributed by atoms with Gasteiger partial charge >= 0.3 is 5.76 Å². The van der Waals surface area contributed by atoms with Gasteiger partial charge in [0.15, 0.2) is 17.1 Å². The molecule has 0 aliphatic rings. The molecule has 5 aromatic rings. The number of carbonyl (C=O) groups excluding carboxylic acids is 1. The zero-order valence-corrected chi connectivity index (χ0v) is 17.1. The van der Waals surface area contributed by atoms with Gasteiger partial charge in [-0.2, -0.15) is 4.52 Å². The van der Waals surface area contributed by atoms with E-state index in [9.17, 15) is 14.0 Å². The fourth-order valence-corrected chi connectivity index (χ4v) is 3.34. The molecule has 1 amide bonds. The number of oxazole rings is 1. The van der Waals surface area contributed by atoms with E-state index in [1.807, 2.05) is 0 Å². The summed E-state index contributed by atoms with van der Waals surface area (Å²) < 4.78 is 26.7. The summed E-state index contributed by atoms with van der Waals surface area (Å²) in [5.74, 6) is -0.546. The number of benzene rings is 2. The number of hydrogen-bond acceptors (Lipinski definition) is 7. The van der Waals surface area contributed by atoms with E-state index in [0.29, 0.717) is 34.0 Å². The quantitative estimate of drug-likeness (QED) is 0.379. The molecule has 0 unspecified atom stereocenters. The van der Waals surface area contributed by atoms with Crippen LogP contribution < -0.4 is 15.8 Å². The van der Waals surface area contributed by atoms with Crippen molar-refractivity contribution in [2.75, 3.05) is 13.2 Å². The zero-order valence-electron chi connectivity index (χ0n) is 17.1. The van der Waals surface area contributed by atoms with E-state index < -0.39 is 5.76 Å². The monoisotopic (exact) mass is 448 g/mol. The highest BCUT2D eigenvalue weighted by Crippen LogP contribution is 2.19. The van der Waals surface area contributed by atoms with Crippen LogP contribution in [0.3, 0.4) is 0 Å². The van der Waals surface area contributed by atoms with Crippen molar-refractivity contribution >= 4 is 22.7 Å². The molecule has 0 spiro atoms. The molecule has 0 aliphatic heterocycles. The molecule has 0 atom stereocenters. The van der Waals surface area contributed by atoms with Crippen LogP contribution in [0.2, 0.25) is 0 Å². The Morgan fingerprint density at radius 1 is 1.06 bits per heavy atom. The van der Waals surface area contributed by atoms with E-state index in [2.05, 4.69) is 20.6 Å². The van der Waals surface area contributed by atoms with Crippen molar-refractivity contribution in [1.82, 2.24) is 29.7 Å². The van der Waals surface area contributed by atoms with E-state index in [1.54, 1.807) is 48.5 Å². The molecular formula is C22H17FN6O4. The molecular weight excluding hydrogens is 431 g/mol. The first-order valence-corrected chi connectivity index (χ1v) is 10.0. The van der Waals surface area contributed by atoms with Crippen molar-refractivity contribution in [3.63, 3.8) is 0 Å². The summed E-state index contributed by atoms with van der Waals surface area (Å²) in [5.41, 5.74) is 2.14. The molecule has 3 aromatic heterocycles. The third-order valence-electron chi connectivity index (χ3n) is 4.89. The lowest BCUT2D eigenvalue weighted by Gasteiger charge is -2.08. The summed E-state index contributed by atoms with van der Waals surface area (Å²) in [7, 11) is 0. The third-order valence-corrected chi connectivity index (χ3v) is 4.89. The number of fused-ring (bicyclic) bond motifs is 2. The molecule has 166 valence electrons. The highest BCUT2D eigenvalue weighted by Gasteiger charge is 2.13. The summed E-state index contributed by atoms with van der Waals surface area (Å²) >= 11 is 0. The van der Waals surface area contributed by atoms with E-state index >= 15 is 0 Å². The number of rotatable bonds is 7. The van der Waals surface area contributed by atoms with Crippen molar-refractivity contribution in [3.05, 3.63) is 77.0 Å². The van der Waals surface area contributed by atoms with Gasteiger partial charge in [0.05, 0.1) is 12.1 Å². The van der Waals surface area contributed by atoms with Crippen LogP contribution in [0.15, 0.2) is 69.9 Å². The van der Waals surface area contributed by atoms with E-state index in [0.717, 1.165) is 0 Å². The summed E-state index contributed by atoms with van der Waals surface area (Å²) in [6.07, 6.45) is 0. The number of carbonyl (C=O) groups is 1. The molecule has 0 bridgehead atoms.